The van der Waals surface area contributed by atoms with Crippen molar-refractivity contribution in [3.63, 3.8) is 0 Å². The average molecular weight is 348 g/mol. The molecule has 2 aromatic carbocycles. The summed E-state index contributed by atoms with van der Waals surface area (Å²) >= 11 is 0. The van der Waals surface area contributed by atoms with E-state index < -0.39 is 0 Å². The highest BCUT2D eigenvalue weighted by Crippen LogP contribution is 2.43. The summed E-state index contributed by atoms with van der Waals surface area (Å²) in [7, 11) is 0. The molecule has 0 unspecified atom stereocenters. The summed E-state index contributed by atoms with van der Waals surface area (Å²) in [5.41, 5.74) is 4.06. The lowest BCUT2D eigenvalue weighted by atomic mass is 9.80. The van der Waals surface area contributed by atoms with Crippen LogP contribution in [0.1, 0.15) is 45.6 Å². The monoisotopic (exact) mass is 348 g/mol. The van der Waals surface area contributed by atoms with Crippen molar-refractivity contribution in [3.05, 3.63) is 42.0 Å². The fourth-order valence-corrected chi connectivity index (χ4v) is 3.86. The first-order valence-electron chi connectivity index (χ1n) is 9.19. The number of fused-ring (bicyclic) bond motifs is 3. The topological polar surface area (TPSA) is 29.3 Å². The van der Waals surface area contributed by atoms with E-state index in [1.165, 1.54) is 27.7 Å². The Kier molecular flexibility index (Phi) is 5.13. The molecule has 134 valence electrons. The molecular formula is C23H26NO2+. The van der Waals surface area contributed by atoms with Gasteiger partial charge in [0.25, 0.3) is 0 Å². The van der Waals surface area contributed by atoms with Gasteiger partial charge in [-0.05, 0) is 37.1 Å². The van der Waals surface area contributed by atoms with Crippen LogP contribution in [-0.4, -0.2) is 29.4 Å². The van der Waals surface area contributed by atoms with Gasteiger partial charge >= 0.3 is 5.97 Å². The number of carbonyl (C=O) groups is 1. The highest BCUT2D eigenvalue weighted by Gasteiger charge is 2.43. The van der Waals surface area contributed by atoms with Crippen molar-refractivity contribution < 1.29 is 14.1 Å². The van der Waals surface area contributed by atoms with Gasteiger partial charge in [-0.1, -0.05) is 30.2 Å². The number of hydrogen-bond acceptors (Lipinski definition) is 2. The van der Waals surface area contributed by atoms with Crippen LogP contribution < -0.4 is 0 Å². The molecule has 1 aliphatic heterocycles. The van der Waals surface area contributed by atoms with Gasteiger partial charge in [0.2, 0.25) is 5.69 Å². The van der Waals surface area contributed by atoms with Gasteiger partial charge in [0.15, 0.2) is 12.3 Å². The van der Waals surface area contributed by atoms with E-state index in [1.54, 1.807) is 0 Å². The molecule has 0 spiro atoms. The normalized spacial score (nSPS) is 15.0. The second-order valence-corrected chi connectivity index (χ2v) is 7.36. The summed E-state index contributed by atoms with van der Waals surface area (Å²) in [6.45, 7) is 7.78. The van der Waals surface area contributed by atoms with Crippen LogP contribution in [0.15, 0.2) is 36.4 Å². The number of benzene rings is 2. The Morgan fingerprint density at radius 3 is 2.73 bits per heavy atom. The number of terminal acetylenes is 1. The molecule has 0 saturated carbocycles. The number of unbranched alkanes of at least 4 members (excludes halogenated alkanes) is 1. The zero-order valence-corrected chi connectivity index (χ0v) is 15.8. The lowest BCUT2D eigenvalue weighted by Crippen LogP contribution is -2.27. The smallest absolute Gasteiger partial charge is 0.306 e. The van der Waals surface area contributed by atoms with E-state index in [0.29, 0.717) is 6.42 Å². The van der Waals surface area contributed by atoms with E-state index in [-0.39, 0.29) is 18.0 Å². The van der Waals surface area contributed by atoms with Gasteiger partial charge in [-0.2, -0.15) is 4.58 Å². The molecule has 0 aliphatic carbocycles. The van der Waals surface area contributed by atoms with Crippen molar-refractivity contribution in [2.75, 3.05) is 13.2 Å². The number of rotatable bonds is 6. The minimum atomic E-state index is -0.211. The molecule has 26 heavy (non-hydrogen) atoms. The Bertz CT molecular complexity index is 915. The van der Waals surface area contributed by atoms with Crippen LogP contribution in [0.25, 0.3) is 10.8 Å². The average Bonchev–Trinajstić information content (AvgIpc) is 2.84. The molecule has 3 rings (SSSR count). The molecule has 3 heteroatoms. The van der Waals surface area contributed by atoms with E-state index in [4.69, 9.17) is 11.2 Å². The third-order valence-electron chi connectivity index (χ3n) is 5.46. The molecule has 0 N–H and O–H groups in total. The van der Waals surface area contributed by atoms with Crippen molar-refractivity contribution in [3.8, 4) is 12.3 Å². The summed E-state index contributed by atoms with van der Waals surface area (Å²) in [4.78, 5) is 11.6. The minimum Gasteiger partial charge on any atom is -0.452 e. The number of carbonyl (C=O) groups excluding carboxylic acids is 1. The van der Waals surface area contributed by atoms with Crippen LogP contribution in [0.5, 0.6) is 0 Å². The quantitative estimate of drug-likeness (QED) is 0.331. The Hall–Kier alpha value is -2.60. The van der Waals surface area contributed by atoms with Crippen LogP contribution in [0, 0.1) is 12.3 Å². The van der Waals surface area contributed by atoms with Crippen LogP contribution >= 0.6 is 0 Å². The van der Waals surface area contributed by atoms with E-state index >= 15 is 0 Å². The maximum Gasteiger partial charge on any atom is 0.306 e. The molecular weight excluding hydrogens is 322 g/mol. The van der Waals surface area contributed by atoms with E-state index in [0.717, 1.165) is 19.4 Å². The van der Waals surface area contributed by atoms with Crippen LogP contribution in [0.2, 0.25) is 0 Å². The standard InChI is InChI=1S/C23H26NO2/c1-5-16-26-21(25)12-8-9-15-24-17(2)23(3,4)22-19-11-7-6-10-18(19)13-14-20(22)24/h1,6-7,10-11,13-14H,8-9,12,15-16H2,2-4H3/q+1. The first-order chi connectivity index (χ1) is 12.5. The predicted molar refractivity (Wildman–Crippen MR) is 106 cm³/mol. The van der Waals surface area contributed by atoms with Gasteiger partial charge in [0, 0.05) is 31.4 Å². The lowest BCUT2D eigenvalue weighted by Gasteiger charge is -2.17. The van der Waals surface area contributed by atoms with Gasteiger partial charge in [-0.15, -0.1) is 6.42 Å². The van der Waals surface area contributed by atoms with E-state index in [9.17, 15) is 4.79 Å². The number of nitrogens with zero attached hydrogens (tertiary/aromatic N) is 1. The molecule has 0 atom stereocenters. The van der Waals surface area contributed by atoms with Crippen LogP contribution in [0.4, 0.5) is 5.69 Å². The van der Waals surface area contributed by atoms with Crippen molar-refractivity contribution in [1.29, 1.82) is 0 Å². The number of esters is 1. The minimum absolute atomic E-state index is 0.00191. The molecule has 0 radical (unpaired) electrons. The molecule has 0 bridgehead atoms. The molecule has 2 aromatic rings. The molecule has 3 nitrogen and oxygen atoms in total. The Morgan fingerprint density at radius 1 is 1.19 bits per heavy atom. The summed E-state index contributed by atoms with van der Waals surface area (Å²) in [6, 6.07) is 13.0. The zero-order valence-electron chi connectivity index (χ0n) is 15.8. The fraction of sp³-hybridized carbons (Fsp3) is 0.391. The van der Waals surface area contributed by atoms with Gasteiger partial charge < -0.3 is 4.74 Å². The summed E-state index contributed by atoms with van der Waals surface area (Å²) in [5, 5.41) is 2.61. The predicted octanol–water partition coefficient (Wildman–Crippen LogP) is 4.58. The summed E-state index contributed by atoms with van der Waals surface area (Å²) in [5.74, 6) is 2.11. The SMILES string of the molecule is C#CCOC(=O)CCCC[N+]1=C(C)C(C)(C)c2c1ccc1ccccc21. The third kappa shape index (κ3) is 3.24. The Balaban J connectivity index is 1.77. The largest absolute Gasteiger partial charge is 0.452 e. The van der Waals surface area contributed by atoms with Crippen molar-refractivity contribution in [2.24, 2.45) is 0 Å². The Labute approximate surface area is 155 Å². The third-order valence-corrected chi connectivity index (χ3v) is 5.46. The summed E-state index contributed by atoms with van der Waals surface area (Å²) in [6.07, 6.45) is 7.26. The molecule has 0 saturated heterocycles. The van der Waals surface area contributed by atoms with Gasteiger partial charge in [0.1, 0.15) is 6.54 Å². The number of ether oxygens (including phenoxy) is 1. The van der Waals surface area contributed by atoms with Crippen LogP contribution in [-0.2, 0) is 14.9 Å². The molecule has 0 fully saturated rings. The van der Waals surface area contributed by atoms with E-state index in [2.05, 4.69) is 67.7 Å². The fourth-order valence-electron chi connectivity index (χ4n) is 3.86. The zero-order chi connectivity index (χ0) is 18.7. The lowest BCUT2D eigenvalue weighted by molar-refractivity contribution is -0.439. The number of hydrogen-bond donors (Lipinski definition) is 0. The summed E-state index contributed by atoms with van der Waals surface area (Å²) < 4.78 is 7.34. The highest BCUT2D eigenvalue weighted by molar-refractivity contribution is 6.01. The van der Waals surface area contributed by atoms with E-state index in [1.807, 2.05) is 0 Å². The van der Waals surface area contributed by atoms with Crippen molar-refractivity contribution in [1.82, 2.24) is 0 Å². The van der Waals surface area contributed by atoms with Crippen LogP contribution in [0.3, 0.4) is 0 Å². The van der Waals surface area contributed by atoms with Crippen molar-refractivity contribution >= 4 is 28.1 Å². The Morgan fingerprint density at radius 2 is 1.96 bits per heavy atom. The first-order valence-corrected chi connectivity index (χ1v) is 9.19. The second kappa shape index (κ2) is 7.33. The van der Waals surface area contributed by atoms with Gasteiger partial charge in [-0.3, -0.25) is 4.79 Å². The first kappa shape index (κ1) is 18.2. The van der Waals surface area contributed by atoms with Crippen molar-refractivity contribution in [2.45, 2.75) is 45.4 Å². The molecule has 1 heterocycles. The molecule has 0 amide bonds. The van der Waals surface area contributed by atoms with Gasteiger partial charge in [-0.25, -0.2) is 0 Å². The highest BCUT2D eigenvalue weighted by atomic mass is 16.5. The van der Waals surface area contributed by atoms with Gasteiger partial charge in [0.05, 0.1) is 5.41 Å². The maximum absolute atomic E-state index is 11.6. The molecule has 0 aromatic heterocycles. The maximum atomic E-state index is 11.6. The second-order valence-electron chi connectivity index (χ2n) is 7.36. The molecule has 1 aliphatic rings.